The first-order valence-electron chi connectivity index (χ1n) is 12.4. The van der Waals surface area contributed by atoms with Crippen LogP contribution in [0, 0.1) is 0 Å². The van der Waals surface area contributed by atoms with Gasteiger partial charge in [0.1, 0.15) is 0 Å². The molecule has 0 aliphatic heterocycles. The van der Waals surface area contributed by atoms with E-state index in [-0.39, 0.29) is 12.1 Å². The number of carbonyl (C=O) groups excluding carboxylic acids is 2. The molecule has 180 valence electrons. The Balaban J connectivity index is 1.71. The van der Waals surface area contributed by atoms with Crippen molar-refractivity contribution in [1.29, 1.82) is 0 Å². The number of amides is 4. The Kier molecular flexibility index (Phi) is 12.5. The number of unbranched alkanes of at least 4 members (excludes halogenated alkanes) is 6. The van der Waals surface area contributed by atoms with E-state index in [4.69, 9.17) is 0 Å². The number of nitrogens with one attached hydrogen (secondary N) is 4. The number of rotatable bonds is 14. The van der Waals surface area contributed by atoms with Crippen LogP contribution < -0.4 is 21.3 Å². The van der Waals surface area contributed by atoms with Crippen LogP contribution in [0.2, 0.25) is 0 Å². The van der Waals surface area contributed by atoms with Gasteiger partial charge in [-0.2, -0.15) is 0 Å². The Bertz CT molecular complexity index is 750. The van der Waals surface area contributed by atoms with Gasteiger partial charge in [-0.25, -0.2) is 9.59 Å². The van der Waals surface area contributed by atoms with E-state index < -0.39 is 0 Å². The molecule has 2 aromatic carbocycles. The number of hydrogen-bond donors (Lipinski definition) is 4. The van der Waals surface area contributed by atoms with E-state index in [2.05, 4.69) is 35.1 Å². The maximum Gasteiger partial charge on any atom is 0.319 e. The average Bonchev–Trinajstić information content (AvgIpc) is 2.81. The molecule has 0 aromatic heterocycles. The zero-order valence-corrected chi connectivity index (χ0v) is 20.2. The summed E-state index contributed by atoms with van der Waals surface area (Å²) in [6.45, 7) is 5.76. The minimum Gasteiger partial charge on any atom is -0.338 e. The standard InChI is InChI=1S/C27H40N4O2/c1-3-5-7-9-19-28-26(32)30-24-15-11-22(12-16-24)21-23-13-17-25(18-14-23)31-27(33)29-20-10-8-6-4-2/h11-18H,3-10,19-21H2,1-2H3,(H2,28,30,32)(H2,29,31,33). The van der Waals surface area contributed by atoms with Gasteiger partial charge in [0.2, 0.25) is 0 Å². The molecular weight excluding hydrogens is 412 g/mol. The van der Waals surface area contributed by atoms with Crippen molar-refractivity contribution in [2.45, 2.75) is 71.6 Å². The molecule has 33 heavy (non-hydrogen) atoms. The normalized spacial score (nSPS) is 10.5. The average molecular weight is 453 g/mol. The monoisotopic (exact) mass is 452 g/mol. The zero-order chi connectivity index (χ0) is 23.7. The van der Waals surface area contributed by atoms with Crippen molar-refractivity contribution in [3.63, 3.8) is 0 Å². The Morgan fingerprint density at radius 2 is 0.970 bits per heavy atom. The number of hydrogen-bond acceptors (Lipinski definition) is 2. The predicted octanol–water partition coefficient (Wildman–Crippen LogP) is 6.68. The maximum absolute atomic E-state index is 12.0. The summed E-state index contributed by atoms with van der Waals surface area (Å²) in [6.07, 6.45) is 9.90. The highest BCUT2D eigenvalue weighted by atomic mass is 16.2. The van der Waals surface area contributed by atoms with E-state index >= 15 is 0 Å². The molecule has 6 nitrogen and oxygen atoms in total. The summed E-state index contributed by atoms with van der Waals surface area (Å²) in [6, 6.07) is 15.5. The summed E-state index contributed by atoms with van der Waals surface area (Å²) in [4.78, 5) is 23.9. The first-order chi connectivity index (χ1) is 16.1. The lowest BCUT2D eigenvalue weighted by molar-refractivity contribution is 0.251. The van der Waals surface area contributed by atoms with E-state index in [0.29, 0.717) is 13.1 Å². The molecule has 4 N–H and O–H groups in total. The topological polar surface area (TPSA) is 82.3 Å². The van der Waals surface area contributed by atoms with Crippen LogP contribution in [-0.2, 0) is 6.42 Å². The van der Waals surface area contributed by atoms with Crippen LogP contribution in [0.5, 0.6) is 0 Å². The van der Waals surface area contributed by atoms with Crippen molar-refractivity contribution < 1.29 is 9.59 Å². The molecule has 0 heterocycles. The van der Waals surface area contributed by atoms with Gasteiger partial charge in [0, 0.05) is 24.5 Å². The van der Waals surface area contributed by atoms with Crippen LogP contribution in [0.15, 0.2) is 48.5 Å². The molecule has 0 radical (unpaired) electrons. The fourth-order valence-corrected chi connectivity index (χ4v) is 3.51. The van der Waals surface area contributed by atoms with Gasteiger partial charge in [-0.05, 0) is 54.7 Å². The van der Waals surface area contributed by atoms with Crippen LogP contribution in [0.3, 0.4) is 0 Å². The molecule has 2 rings (SSSR count). The largest absolute Gasteiger partial charge is 0.338 e. The Morgan fingerprint density at radius 3 is 1.33 bits per heavy atom. The SMILES string of the molecule is CCCCCCNC(=O)Nc1ccc(Cc2ccc(NC(=O)NCCCCCC)cc2)cc1. The fraction of sp³-hybridized carbons (Fsp3) is 0.481. The van der Waals surface area contributed by atoms with Crippen molar-refractivity contribution in [3.05, 3.63) is 59.7 Å². The second-order valence-corrected chi connectivity index (χ2v) is 8.45. The van der Waals surface area contributed by atoms with E-state index in [9.17, 15) is 9.59 Å². The minimum absolute atomic E-state index is 0.160. The fourth-order valence-electron chi connectivity index (χ4n) is 3.51. The summed E-state index contributed by atoms with van der Waals surface area (Å²) < 4.78 is 0. The molecule has 2 aromatic rings. The third kappa shape index (κ3) is 11.4. The lowest BCUT2D eigenvalue weighted by Crippen LogP contribution is -2.29. The van der Waals surface area contributed by atoms with Crippen LogP contribution in [0.1, 0.15) is 76.3 Å². The van der Waals surface area contributed by atoms with Crippen molar-refractivity contribution in [2.24, 2.45) is 0 Å². The van der Waals surface area contributed by atoms with E-state index in [1.54, 1.807) is 0 Å². The third-order valence-electron chi connectivity index (χ3n) is 5.46. The molecule has 0 fully saturated rings. The Hall–Kier alpha value is -3.02. The van der Waals surface area contributed by atoms with Crippen molar-refractivity contribution >= 4 is 23.4 Å². The van der Waals surface area contributed by atoms with Crippen LogP contribution in [0.4, 0.5) is 21.0 Å². The second-order valence-electron chi connectivity index (χ2n) is 8.45. The number of anilines is 2. The molecule has 4 amide bonds. The Labute approximate surface area is 198 Å². The van der Waals surface area contributed by atoms with Gasteiger partial charge in [-0.1, -0.05) is 76.6 Å². The van der Waals surface area contributed by atoms with E-state index in [0.717, 1.165) is 54.6 Å². The van der Waals surface area contributed by atoms with Gasteiger partial charge in [0.15, 0.2) is 0 Å². The molecule has 6 heteroatoms. The lowest BCUT2D eigenvalue weighted by Gasteiger charge is -2.10. The second kappa shape index (κ2) is 15.7. The van der Waals surface area contributed by atoms with Gasteiger partial charge in [-0.3, -0.25) is 0 Å². The Morgan fingerprint density at radius 1 is 0.576 bits per heavy atom. The van der Waals surface area contributed by atoms with Gasteiger partial charge in [-0.15, -0.1) is 0 Å². The number of carbonyl (C=O) groups is 2. The first-order valence-corrected chi connectivity index (χ1v) is 12.4. The van der Waals surface area contributed by atoms with Crippen LogP contribution in [-0.4, -0.2) is 25.2 Å². The van der Waals surface area contributed by atoms with Crippen molar-refractivity contribution in [3.8, 4) is 0 Å². The summed E-state index contributed by atoms with van der Waals surface area (Å²) in [5, 5.41) is 11.6. The highest BCUT2D eigenvalue weighted by Crippen LogP contribution is 2.16. The van der Waals surface area contributed by atoms with Gasteiger partial charge in [0.25, 0.3) is 0 Å². The maximum atomic E-state index is 12.0. The van der Waals surface area contributed by atoms with Crippen LogP contribution >= 0.6 is 0 Å². The highest BCUT2D eigenvalue weighted by Gasteiger charge is 2.04. The smallest absolute Gasteiger partial charge is 0.319 e. The van der Waals surface area contributed by atoms with Gasteiger partial charge in [0.05, 0.1) is 0 Å². The summed E-state index contributed by atoms with van der Waals surface area (Å²) in [5.41, 5.74) is 3.88. The molecule has 0 atom stereocenters. The highest BCUT2D eigenvalue weighted by molar-refractivity contribution is 5.89. The van der Waals surface area contributed by atoms with Crippen molar-refractivity contribution in [1.82, 2.24) is 10.6 Å². The molecule has 0 bridgehead atoms. The van der Waals surface area contributed by atoms with Gasteiger partial charge < -0.3 is 21.3 Å². The molecule has 0 spiro atoms. The van der Waals surface area contributed by atoms with Crippen molar-refractivity contribution in [2.75, 3.05) is 23.7 Å². The lowest BCUT2D eigenvalue weighted by atomic mass is 10.0. The molecular formula is C27H40N4O2. The van der Waals surface area contributed by atoms with Crippen LogP contribution in [0.25, 0.3) is 0 Å². The quantitative estimate of drug-likeness (QED) is 0.241. The zero-order valence-electron chi connectivity index (χ0n) is 20.2. The predicted molar refractivity (Wildman–Crippen MR) is 138 cm³/mol. The molecule has 0 aliphatic rings. The minimum atomic E-state index is -0.160. The summed E-state index contributed by atoms with van der Waals surface area (Å²) in [5.74, 6) is 0. The van der Waals surface area contributed by atoms with Gasteiger partial charge >= 0.3 is 12.1 Å². The molecule has 0 saturated carbocycles. The van der Waals surface area contributed by atoms with E-state index in [1.807, 2.05) is 48.5 Å². The number of urea groups is 2. The number of benzene rings is 2. The van der Waals surface area contributed by atoms with E-state index in [1.165, 1.54) is 25.7 Å². The third-order valence-corrected chi connectivity index (χ3v) is 5.46. The summed E-state index contributed by atoms with van der Waals surface area (Å²) >= 11 is 0. The molecule has 0 aliphatic carbocycles. The molecule has 0 saturated heterocycles. The molecule has 0 unspecified atom stereocenters. The summed E-state index contributed by atoms with van der Waals surface area (Å²) in [7, 11) is 0. The first kappa shape index (κ1) is 26.2.